The molecule has 0 aromatic carbocycles. The van der Waals surface area contributed by atoms with E-state index in [0.717, 1.165) is 28.0 Å². The molecule has 0 fully saturated rings. The Kier molecular flexibility index (Phi) is 2.35. The maximum atomic E-state index is 4.49. The van der Waals surface area contributed by atoms with E-state index in [-0.39, 0.29) is 0 Å². The summed E-state index contributed by atoms with van der Waals surface area (Å²) < 4.78 is 2.04. The van der Waals surface area contributed by atoms with Crippen molar-refractivity contribution >= 4 is 11.0 Å². The normalized spacial score (nSPS) is 11.0. The lowest BCUT2D eigenvalue weighted by atomic mass is 10.1. The Morgan fingerprint density at radius 1 is 1.05 bits per heavy atom. The first kappa shape index (κ1) is 10.9. The fourth-order valence-electron chi connectivity index (χ4n) is 2.38. The number of pyridine rings is 1. The molecule has 0 atom stereocenters. The Hall–Kier alpha value is -2.95. The molecule has 0 saturated heterocycles. The Morgan fingerprint density at radius 3 is 2.75 bits per heavy atom. The summed E-state index contributed by atoms with van der Waals surface area (Å²) in [6, 6.07) is 7.98. The molecule has 4 heterocycles. The van der Waals surface area contributed by atoms with Crippen LogP contribution in [-0.4, -0.2) is 24.5 Å². The zero-order chi connectivity index (χ0) is 13.4. The van der Waals surface area contributed by atoms with E-state index in [2.05, 4.69) is 32.2 Å². The van der Waals surface area contributed by atoms with Crippen LogP contribution in [0.15, 0.2) is 61.6 Å². The number of nitrogens with zero attached hydrogens (tertiary/aromatic N) is 4. The van der Waals surface area contributed by atoms with Crippen LogP contribution in [0.5, 0.6) is 0 Å². The first-order valence-corrected chi connectivity index (χ1v) is 6.29. The van der Waals surface area contributed by atoms with Crippen LogP contribution in [0.25, 0.3) is 28.0 Å². The highest BCUT2D eigenvalue weighted by Crippen LogP contribution is 2.30. The fourth-order valence-corrected chi connectivity index (χ4v) is 2.38. The van der Waals surface area contributed by atoms with Crippen molar-refractivity contribution in [3.8, 4) is 16.9 Å². The van der Waals surface area contributed by atoms with Gasteiger partial charge >= 0.3 is 0 Å². The third-order valence-corrected chi connectivity index (χ3v) is 3.28. The third kappa shape index (κ3) is 1.60. The molecule has 1 N–H and O–H groups in total. The predicted molar refractivity (Wildman–Crippen MR) is 76.4 cm³/mol. The number of aromatic nitrogens is 5. The van der Waals surface area contributed by atoms with Gasteiger partial charge in [-0.05, 0) is 24.3 Å². The van der Waals surface area contributed by atoms with Crippen molar-refractivity contribution in [2.45, 2.75) is 0 Å². The van der Waals surface area contributed by atoms with Crippen LogP contribution >= 0.6 is 0 Å². The van der Waals surface area contributed by atoms with Gasteiger partial charge < -0.3 is 4.98 Å². The van der Waals surface area contributed by atoms with E-state index in [1.807, 2.05) is 41.4 Å². The molecule has 0 amide bonds. The van der Waals surface area contributed by atoms with E-state index >= 15 is 0 Å². The van der Waals surface area contributed by atoms with Crippen molar-refractivity contribution in [2.75, 3.05) is 0 Å². The lowest BCUT2D eigenvalue weighted by molar-refractivity contribution is 1.04. The molecule has 0 aliphatic rings. The standard InChI is InChI=1S/C15H11N5/c1-3-12-13(11-7-16-10-17-8-11)9-20(15(12)19-6-1)14-4-2-5-18-14/h1-10,18H. The molecule has 4 aromatic heterocycles. The number of aromatic amines is 1. The third-order valence-electron chi connectivity index (χ3n) is 3.28. The van der Waals surface area contributed by atoms with Crippen LogP contribution in [-0.2, 0) is 0 Å². The van der Waals surface area contributed by atoms with Crippen molar-refractivity contribution in [3.63, 3.8) is 0 Å². The molecule has 20 heavy (non-hydrogen) atoms. The van der Waals surface area contributed by atoms with E-state index in [1.54, 1.807) is 6.20 Å². The van der Waals surface area contributed by atoms with Crippen LogP contribution < -0.4 is 0 Å². The number of nitrogens with one attached hydrogen (secondary N) is 1. The van der Waals surface area contributed by atoms with E-state index in [1.165, 1.54) is 6.33 Å². The van der Waals surface area contributed by atoms with Gasteiger partial charge in [0.05, 0.1) is 0 Å². The van der Waals surface area contributed by atoms with E-state index in [0.29, 0.717) is 0 Å². The number of hydrogen-bond donors (Lipinski definition) is 1. The summed E-state index contributed by atoms with van der Waals surface area (Å²) in [5.74, 6) is 0.983. The molecule has 4 rings (SSSR count). The Bertz CT molecular complexity index is 847. The van der Waals surface area contributed by atoms with Gasteiger partial charge in [-0.1, -0.05) is 0 Å². The van der Waals surface area contributed by atoms with E-state index in [4.69, 9.17) is 0 Å². The number of rotatable bonds is 2. The highest BCUT2D eigenvalue weighted by atomic mass is 15.1. The fraction of sp³-hybridized carbons (Fsp3) is 0. The lowest BCUT2D eigenvalue weighted by Crippen LogP contribution is -1.92. The predicted octanol–water partition coefficient (Wildman–Crippen LogP) is 2.81. The van der Waals surface area contributed by atoms with E-state index < -0.39 is 0 Å². The summed E-state index contributed by atoms with van der Waals surface area (Å²) >= 11 is 0. The van der Waals surface area contributed by atoms with Gasteiger partial charge in [0.25, 0.3) is 0 Å². The van der Waals surface area contributed by atoms with Gasteiger partial charge in [0.1, 0.15) is 17.8 Å². The highest BCUT2D eigenvalue weighted by molar-refractivity contribution is 5.94. The Labute approximate surface area is 115 Å². The molecule has 0 bridgehead atoms. The SMILES string of the molecule is c1c[nH]c(-n2cc(-c3cncnc3)c3cccnc32)c1. The molecule has 0 aliphatic heterocycles. The maximum Gasteiger partial charge on any atom is 0.146 e. The van der Waals surface area contributed by atoms with Gasteiger partial charge in [-0.2, -0.15) is 0 Å². The summed E-state index contributed by atoms with van der Waals surface area (Å²) in [5.41, 5.74) is 2.97. The van der Waals surface area contributed by atoms with Crippen molar-refractivity contribution < 1.29 is 0 Å². The first-order valence-electron chi connectivity index (χ1n) is 6.29. The van der Waals surface area contributed by atoms with Gasteiger partial charge in [0, 0.05) is 47.5 Å². The molecular weight excluding hydrogens is 250 g/mol. The molecule has 0 spiro atoms. The van der Waals surface area contributed by atoms with Crippen LogP contribution in [0, 0.1) is 0 Å². The minimum atomic E-state index is 0.911. The first-order chi connectivity index (χ1) is 9.93. The van der Waals surface area contributed by atoms with Crippen LogP contribution in [0.2, 0.25) is 0 Å². The average molecular weight is 261 g/mol. The second-order valence-corrected chi connectivity index (χ2v) is 4.47. The smallest absolute Gasteiger partial charge is 0.146 e. The van der Waals surface area contributed by atoms with Crippen molar-refractivity contribution in [1.82, 2.24) is 24.5 Å². The number of H-pyrrole nitrogens is 1. The summed E-state index contributed by atoms with van der Waals surface area (Å²) in [6.07, 6.45) is 10.9. The Balaban J connectivity index is 2.04. The second kappa shape index (κ2) is 4.31. The summed E-state index contributed by atoms with van der Waals surface area (Å²) in [4.78, 5) is 15.9. The molecule has 5 nitrogen and oxygen atoms in total. The minimum absolute atomic E-state index is 0.911. The number of fused-ring (bicyclic) bond motifs is 1. The molecule has 96 valence electrons. The highest BCUT2D eigenvalue weighted by Gasteiger charge is 2.12. The summed E-state index contributed by atoms with van der Waals surface area (Å²) in [5, 5.41) is 1.08. The quantitative estimate of drug-likeness (QED) is 0.603. The average Bonchev–Trinajstić information content (AvgIpc) is 3.15. The maximum absolute atomic E-state index is 4.49. The van der Waals surface area contributed by atoms with Crippen molar-refractivity contribution in [2.24, 2.45) is 0 Å². The molecule has 5 heteroatoms. The number of hydrogen-bond acceptors (Lipinski definition) is 3. The summed E-state index contributed by atoms with van der Waals surface area (Å²) in [6.45, 7) is 0. The second-order valence-electron chi connectivity index (χ2n) is 4.47. The van der Waals surface area contributed by atoms with Gasteiger partial charge in [-0.25, -0.2) is 15.0 Å². The lowest BCUT2D eigenvalue weighted by Gasteiger charge is -1.99. The largest absolute Gasteiger partial charge is 0.348 e. The monoisotopic (exact) mass is 261 g/mol. The van der Waals surface area contributed by atoms with Crippen LogP contribution in [0.1, 0.15) is 0 Å². The molecule has 0 aliphatic carbocycles. The zero-order valence-corrected chi connectivity index (χ0v) is 10.6. The molecular formula is C15H11N5. The van der Waals surface area contributed by atoms with Crippen molar-refractivity contribution in [1.29, 1.82) is 0 Å². The van der Waals surface area contributed by atoms with E-state index in [9.17, 15) is 0 Å². The topological polar surface area (TPSA) is 59.4 Å². The van der Waals surface area contributed by atoms with Crippen LogP contribution in [0.4, 0.5) is 0 Å². The van der Waals surface area contributed by atoms with Gasteiger partial charge in [-0.15, -0.1) is 0 Å². The van der Waals surface area contributed by atoms with Gasteiger partial charge in [0.2, 0.25) is 0 Å². The van der Waals surface area contributed by atoms with Gasteiger partial charge in [0.15, 0.2) is 0 Å². The van der Waals surface area contributed by atoms with Crippen molar-refractivity contribution in [3.05, 3.63) is 61.6 Å². The van der Waals surface area contributed by atoms with Gasteiger partial charge in [-0.3, -0.25) is 4.57 Å². The summed E-state index contributed by atoms with van der Waals surface area (Å²) in [7, 11) is 0. The van der Waals surface area contributed by atoms with Crippen LogP contribution in [0.3, 0.4) is 0 Å². The molecule has 0 unspecified atom stereocenters. The molecule has 0 radical (unpaired) electrons. The Morgan fingerprint density at radius 2 is 1.95 bits per heavy atom. The molecule has 4 aromatic rings. The zero-order valence-electron chi connectivity index (χ0n) is 10.6. The molecule has 0 saturated carbocycles. The minimum Gasteiger partial charge on any atom is -0.348 e.